The van der Waals surface area contributed by atoms with Gasteiger partial charge in [0.2, 0.25) is 0 Å². The summed E-state index contributed by atoms with van der Waals surface area (Å²) in [4.78, 5) is 29.8. The molecule has 172 valence electrons. The van der Waals surface area contributed by atoms with Crippen LogP contribution in [0.25, 0.3) is 0 Å². The summed E-state index contributed by atoms with van der Waals surface area (Å²) in [5.41, 5.74) is 0.267. The average molecular weight is 482 g/mol. The van der Waals surface area contributed by atoms with Crippen molar-refractivity contribution in [3.05, 3.63) is 46.6 Å². The number of rotatable bonds is 7. The van der Waals surface area contributed by atoms with Gasteiger partial charge in [-0.05, 0) is 50.5 Å². The van der Waals surface area contributed by atoms with E-state index >= 15 is 0 Å². The maximum Gasteiger partial charge on any atom is 0.339 e. The standard InChI is InChI=1S/C21H24ClN3O6S/c1-3-31-21(28)14-7-9-25(10-8-14)19-16(20(26)27)11-15(12-23-19)24-32(29,30)18-6-4-5-17(22)13(18)2/h4-6,11-12,14,24H,3,7-10H2,1-2H3,(H,26,27). The molecule has 32 heavy (non-hydrogen) atoms. The Balaban J connectivity index is 1.82. The van der Waals surface area contributed by atoms with E-state index in [1.807, 2.05) is 0 Å². The second-order valence-corrected chi connectivity index (χ2v) is 9.44. The second-order valence-electron chi connectivity index (χ2n) is 7.38. The number of esters is 1. The number of piperidine rings is 1. The number of benzene rings is 1. The molecule has 2 aromatic rings. The number of ether oxygens (including phenoxy) is 1. The molecule has 1 aromatic carbocycles. The van der Waals surface area contributed by atoms with Gasteiger partial charge < -0.3 is 14.7 Å². The minimum Gasteiger partial charge on any atom is -0.478 e. The smallest absolute Gasteiger partial charge is 0.339 e. The van der Waals surface area contributed by atoms with Gasteiger partial charge in [-0.1, -0.05) is 17.7 Å². The van der Waals surface area contributed by atoms with Crippen molar-refractivity contribution >= 4 is 45.1 Å². The van der Waals surface area contributed by atoms with E-state index in [-0.39, 0.29) is 33.9 Å². The van der Waals surface area contributed by atoms with Crippen LogP contribution in [0.2, 0.25) is 5.02 Å². The fourth-order valence-corrected chi connectivity index (χ4v) is 5.13. The molecular formula is C21H24ClN3O6S. The molecule has 9 nitrogen and oxygen atoms in total. The van der Waals surface area contributed by atoms with Gasteiger partial charge in [0.1, 0.15) is 11.4 Å². The van der Waals surface area contributed by atoms with E-state index in [1.165, 1.54) is 24.4 Å². The molecule has 2 N–H and O–H groups in total. The molecule has 0 unspecified atom stereocenters. The Morgan fingerprint density at radius 3 is 2.62 bits per heavy atom. The molecule has 0 aliphatic carbocycles. The number of halogens is 1. The largest absolute Gasteiger partial charge is 0.478 e. The summed E-state index contributed by atoms with van der Waals surface area (Å²) >= 11 is 6.03. The highest BCUT2D eigenvalue weighted by Gasteiger charge is 2.29. The summed E-state index contributed by atoms with van der Waals surface area (Å²) in [6.07, 6.45) is 2.31. The number of carbonyl (C=O) groups is 2. The topological polar surface area (TPSA) is 126 Å². The van der Waals surface area contributed by atoms with Crippen molar-refractivity contribution < 1.29 is 27.9 Å². The second kappa shape index (κ2) is 9.74. The van der Waals surface area contributed by atoms with Crippen LogP contribution in [-0.4, -0.2) is 50.1 Å². The lowest BCUT2D eigenvalue weighted by molar-refractivity contribution is -0.148. The van der Waals surface area contributed by atoms with Crippen LogP contribution in [0.1, 0.15) is 35.7 Å². The molecule has 11 heteroatoms. The van der Waals surface area contributed by atoms with Crippen molar-refractivity contribution in [1.29, 1.82) is 0 Å². The van der Waals surface area contributed by atoms with Gasteiger partial charge in [-0.25, -0.2) is 18.2 Å². The summed E-state index contributed by atoms with van der Waals surface area (Å²) in [6, 6.07) is 5.75. The van der Waals surface area contributed by atoms with Gasteiger partial charge in [0, 0.05) is 18.1 Å². The Kier molecular flexibility index (Phi) is 7.25. The third-order valence-corrected chi connectivity index (χ3v) is 7.21. The minimum absolute atomic E-state index is 0.00742. The number of aromatic nitrogens is 1. The molecule has 0 atom stereocenters. The Morgan fingerprint density at radius 1 is 1.31 bits per heavy atom. The number of aromatic carboxylic acids is 1. The van der Waals surface area contributed by atoms with Gasteiger partial charge >= 0.3 is 11.9 Å². The van der Waals surface area contributed by atoms with Crippen molar-refractivity contribution in [2.45, 2.75) is 31.6 Å². The maximum absolute atomic E-state index is 12.8. The predicted octanol–water partition coefficient (Wildman–Crippen LogP) is 3.32. The molecule has 3 rings (SSSR count). The van der Waals surface area contributed by atoms with E-state index < -0.39 is 16.0 Å². The first-order valence-electron chi connectivity index (χ1n) is 10.1. The van der Waals surface area contributed by atoms with Crippen LogP contribution in [0, 0.1) is 12.8 Å². The predicted molar refractivity (Wildman–Crippen MR) is 120 cm³/mol. The van der Waals surface area contributed by atoms with Crippen molar-refractivity contribution in [2.75, 3.05) is 29.3 Å². The van der Waals surface area contributed by atoms with Crippen molar-refractivity contribution in [3.63, 3.8) is 0 Å². The Labute approximate surface area is 191 Å². The Bertz CT molecular complexity index is 1130. The lowest BCUT2D eigenvalue weighted by Crippen LogP contribution is -2.38. The van der Waals surface area contributed by atoms with Gasteiger partial charge in [0.25, 0.3) is 10.0 Å². The number of carbonyl (C=O) groups excluding carboxylic acids is 1. The Morgan fingerprint density at radius 2 is 2.00 bits per heavy atom. The summed E-state index contributed by atoms with van der Waals surface area (Å²) in [6.45, 7) is 4.52. The lowest BCUT2D eigenvalue weighted by Gasteiger charge is -2.32. The van der Waals surface area contributed by atoms with E-state index in [1.54, 1.807) is 24.8 Å². The molecule has 1 saturated heterocycles. The monoisotopic (exact) mass is 481 g/mol. The van der Waals surface area contributed by atoms with Crippen LogP contribution < -0.4 is 9.62 Å². The van der Waals surface area contributed by atoms with E-state index in [0.717, 1.165) is 0 Å². The zero-order valence-corrected chi connectivity index (χ0v) is 19.2. The third kappa shape index (κ3) is 5.13. The maximum atomic E-state index is 12.8. The van der Waals surface area contributed by atoms with Gasteiger partial charge in [-0.15, -0.1) is 0 Å². The number of pyridine rings is 1. The summed E-state index contributed by atoms with van der Waals surface area (Å²) in [5.74, 6) is -1.49. The molecule has 0 spiro atoms. The molecule has 1 aliphatic heterocycles. The first-order valence-corrected chi connectivity index (χ1v) is 11.9. The first-order chi connectivity index (χ1) is 15.1. The van der Waals surface area contributed by atoms with Crippen LogP contribution in [0.4, 0.5) is 11.5 Å². The zero-order valence-electron chi connectivity index (χ0n) is 17.7. The number of carboxylic acid groups (broad SMARTS) is 1. The molecule has 0 saturated carbocycles. The number of sulfonamides is 1. The Hall–Kier alpha value is -2.85. The van der Waals surface area contributed by atoms with Gasteiger partial charge in [0.15, 0.2) is 0 Å². The van der Waals surface area contributed by atoms with Gasteiger partial charge in [-0.3, -0.25) is 9.52 Å². The number of carboxylic acids is 1. The highest BCUT2D eigenvalue weighted by molar-refractivity contribution is 7.92. The fraction of sp³-hybridized carbons (Fsp3) is 0.381. The van der Waals surface area contributed by atoms with Crippen LogP contribution in [-0.2, 0) is 19.6 Å². The minimum atomic E-state index is -4.00. The van der Waals surface area contributed by atoms with Crippen LogP contribution in [0.15, 0.2) is 35.4 Å². The summed E-state index contributed by atoms with van der Waals surface area (Å²) in [7, 11) is -4.00. The van der Waals surface area contributed by atoms with Crippen LogP contribution in [0.3, 0.4) is 0 Å². The number of hydrogen-bond donors (Lipinski definition) is 2. The molecule has 1 aromatic heterocycles. The van der Waals surface area contributed by atoms with E-state index in [9.17, 15) is 23.1 Å². The highest BCUT2D eigenvalue weighted by Crippen LogP contribution is 2.29. The molecule has 2 heterocycles. The normalized spacial score (nSPS) is 14.8. The molecular weight excluding hydrogens is 458 g/mol. The molecule has 1 fully saturated rings. The number of nitrogens with zero attached hydrogens (tertiary/aromatic N) is 2. The van der Waals surface area contributed by atoms with E-state index in [4.69, 9.17) is 16.3 Å². The molecule has 0 amide bonds. The highest BCUT2D eigenvalue weighted by atomic mass is 35.5. The van der Waals surface area contributed by atoms with E-state index in [2.05, 4.69) is 9.71 Å². The van der Waals surface area contributed by atoms with Crippen molar-refractivity contribution in [2.24, 2.45) is 5.92 Å². The van der Waals surface area contributed by atoms with Crippen molar-refractivity contribution in [3.8, 4) is 0 Å². The van der Waals surface area contributed by atoms with Crippen molar-refractivity contribution in [1.82, 2.24) is 4.98 Å². The quantitative estimate of drug-likeness (QED) is 0.577. The zero-order chi connectivity index (χ0) is 23.5. The van der Waals surface area contributed by atoms with Crippen LogP contribution >= 0.6 is 11.6 Å². The molecule has 0 radical (unpaired) electrons. The van der Waals surface area contributed by atoms with E-state index in [0.29, 0.717) is 43.1 Å². The SMILES string of the molecule is CCOC(=O)C1CCN(c2ncc(NS(=O)(=O)c3cccc(Cl)c3C)cc2C(=O)O)CC1. The molecule has 1 aliphatic rings. The lowest BCUT2D eigenvalue weighted by atomic mass is 9.96. The number of nitrogens with one attached hydrogen (secondary N) is 1. The van der Waals surface area contributed by atoms with Crippen LogP contribution in [0.5, 0.6) is 0 Å². The third-order valence-electron chi connectivity index (χ3n) is 5.27. The first kappa shape index (κ1) is 23.8. The van der Waals surface area contributed by atoms with Gasteiger partial charge in [-0.2, -0.15) is 0 Å². The summed E-state index contributed by atoms with van der Waals surface area (Å²) < 4.78 is 33.0. The average Bonchev–Trinajstić information content (AvgIpc) is 2.75. The van der Waals surface area contributed by atoms with Gasteiger partial charge in [0.05, 0.1) is 29.3 Å². The molecule has 0 bridgehead atoms. The number of anilines is 2. The number of hydrogen-bond acceptors (Lipinski definition) is 7. The fourth-order valence-electron chi connectivity index (χ4n) is 3.60. The summed E-state index contributed by atoms with van der Waals surface area (Å²) in [5, 5.41) is 10.00.